The fourth-order valence-electron chi connectivity index (χ4n) is 3.08. The smallest absolute Gasteiger partial charge is 0.416 e. The Morgan fingerprint density at radius 2 is 1.90 bits per heavy atom. The topological polar surface area (TPSA) is 72.1 Å². The van der Waals surface area contributed by atoms with E-state index in [0.717, 1.165) is 0 Å². The molecule has 2 aromatic carbocycles. The van der Waals surface area contributed by atoms with Gasteiger partial charge in [0.1, 0.15) is 5.75 Å². The number of aliphatic imine (C=N–C) groups is 1. The van der Waals surface area contributed by atoms with Crippen LogP contribution in [0.5, 0.6) is 5.75 Å². The first kappa shape index (κ1) is 24.1. The Morgan fingerprint density at radius 3 is 2.57 bits per heavy atom. The third kappa shape index (κ3) is 6.14. The van der Waals surface area contributed by atoms with Gasteiger partial charge in [-0.1, -0.05) is 18.2 Å². The first-order valence-electron chi connectivity index (χ1n) is 9.11. The number of methoxy groups -OCH3 is 1. The van der Waals surface area contributed by atoms with Gasteiger partial charge in [0.25, 0.3) is 0 Å². The van der Waals surface area contributed by atoms with Gasteiger partial charge in [-0.05, 0) is 29.8 Å². The lowest BCUT2D eigenvalue weighted by Crippen LogP contribution is -2.36. The zero-order valence-electron chi connectivity index (χ0n) is 16.4. The van der Waals surface area contributed by atoms with E-state index in [0.29, 0.717) is 43.4 Å². The molecule has 0 aromatic heterocycles. The van der Waals surface area contributed by atoms with E-state index in [1.54, 1.807) is 30.3 Å². The van der Waals surface area contributed by atoms with Crippen molar-refractivity contribution in [3.63, 3.8) is 0 Å². The highest BCUT2D eigenvalue weighted by atomic mass is 127. The molecule has 0 spiro atoms. The SMILES string of the molecule is COc1ccccc1NC(N)=NCc1ccc(N2CCOCC2)cc1C(F)(F)F.I. The molecule has 0 radical (unpaired) electrons. The molecule has 1 heterocycles. The van der Waals surface area contributed by atoms with Crippen molar-refractivity contribution >= 4 is 41.3 Å². The third-order valence-electron chi connectivity index (χ3n) is 4.56. The number of nitrogens with two attached hydrogens (primary N) is 1. The molecule has 0 atom stereocenters. The van der Waals surface area contributed by atoms with Gasteiger partial charge in [0.2, 0.25) is 0 Å². The molecule has 0 saturated carbocycles. The molecule has 0 amide bonds. The summed E-state index contributed by atoms with van der Waals surface area (Å²) in [5.74, 6) is 0.552. The van der Waals surface area contributed by atoms with Crippen molar-refractivity contribution in [2.75, 3.05) is 43.6 Å². The van der Waals surface area contributed by atoms with Crippen molar-refractivity contribution in [2.24, 2.45) is 10.7 Å². The highest BCUT2D eigenvalue weighted by Gasteiger charge is 2.34. The summed E-state index contributed by atoms with van der Waals surface area (Å²) in [6.45, 7) is 1.92. The number of hydrogen-bond donors (Lipinski definition) is 2. The molecule has 164 valence electrons. The van der Waals surface area contributed by atoms with Crippen molar-refractivity contribution < 1.29 is 22.6 Å². The summed E-state index contributed by atoms with van der Waals surface area (Å²) >= 11 is 0. The molecule has 0 unspecified atom stereocenters. The Hall–Kier alpha value is -2.21. The van der Waals surface area contributed by atoms with E-state index in [9.17, 15) is 13.2 Å². The molecule has 3 N–H and O–H groups in total. The normalized spacial score (nSPS) is 14.8. The summed E-state index contributed by atoms with van der Waals surface area (Å²) in [5, 5.41) is 2.85. The molecule has 0 bridgehead atoms. The van der Waals surface area contributed by atoms with Gasteiger partial charge in [0.05, 0.1) is 38.1 Å². The highest BCUT2D eigenvalue weighted by Crippen LogP contribution is 2.35. The van der Waals surface area contributed by atoms with Crippen LogP contribution in [0.25, 0.3) is 0 Å². The summed E-state index contributed by atoms with van der Waals surface area (Å²) in [6, 6.07) is 11.3. The number of alkyl halides is 3. The number of nitrogens with one attached hydrogen (secondary N) is 1. The second-order valence-corrected chi connectivity index (χ2v) is 6.47. The predicted octanol–water partition coefficient (Wildman–Crippen LogP) is 4.10. The maximum atomic E-state index is 13.6. The fourth-order valence-corrected chi connectivity index (χ4v) is 3.08. The van der Waals surface area contributed by atoms with E-state index < -0.39 is 11.7 Å². The van der Waals surface area contributed by atoms with Crippen molar-refractivity contribution in [3.8, 4) is 5.75 Å². The molecule has 3 rings (SSSR count). The van der Waals surface area contributed by atoms with Gasteiger partial charge in [-0.25, -0.2) is 4.99 Å². The number of benzene rings is 2. The highest BCUT2D eigenvalue weighted by molar-refractivity contribution is 14.0. The molecule has 1 saturated heterocycles. The number of guanidine groups is 1. The van der Waals surface area contributed by atoms with E-state index in [1.165, 1.54) is 19.2 Å². The average molecular weight is 536 g/mol. The molecule has 1 aliphatic heterocycles. The van der Waals surface area contributed by atoms with Crippen molar-refractivity contribution in [2.45, 2.75) is 12.7 Å². The van der Waals surface area contributed by atoms with Crippen LogP contribution < -0.4 is 20.7 Å². The molecule has 2 aromatic rings. The van der Waals surface area contributed by atoms with E-state index in [4.69, 9.17) is 15.2 Å². The number of nitrogens with zero attached hydrogens (tertiary/aromatic N) is 2. The van der Waals surface area contributed by atoms with Crippen molar-refractivity contribution in [3.05, 3.63) is 53.6 Å². The number of anilines is 2. The number of halogens is 4. The van der Waals surface area contributed by atoms with Crippen LogP contribution in [0.2, 0.25) is 0 Å². The zero-order valence-corrected chi connectivity index (χ0v) is 18.7. The van der Waals surface area contributed by atoms with Crippen molar-refractivity contribution in [1.82, 2.24) is 0 Å². The largest absolute Gasteiger partial charge is 0.495 e. The standard InChI is InChI=1S/C20H23F3N4O2.HI/c1-28-18-5-3-2-4-17(18)26-19(24)25-13-14-6-7-15(12-16(14)20(21,22)23)27-8-10-29-11-9-27;/h2-7,12H,8-11,13H2,1H3,(H3,24,25,26);1H. The van der Waals surface area contributed by atoms with Gasteiger partial charge in [0, 0.05) is 18.8 Å². The average Bonchev–Trinajstić information content (AvgIpc) is 2.72. The van der Waals surface area contributed by atoms with E-state index in [2.05, 4.69) is 10.3 Å². The Morgan fingerprint density at radius 1 is 1.20 bits per heavy atom. The van der Waals surface area contributed by atoms with E-state index in [-0.39, 0.29) is 42.0 Å². The van der Waals surface area contributed by atoms with Crippen LogP contribution in [0, 0.1) is 0 Å². The van der Waals surface area contributed by atoms with Crippen molar-refractivity contribution in [1.29, 1.82) is 0 Å². The Balaban J connectivity index is 0.00000320. The summed E-state index contributed by atoms with van der Waals surface area (Å²) in [5.41, 5.74) is 6.31. The molecule has 6 nitrogen and oxygen atoms in total. The Labute approximate surface area is 190 Å². The molecule has 0 aliphatic carbocycles. The van der Waals surface area contributed by atoms with Crippen LogP contribution in [0.1, 0.15) is 11.1 Å². The van der Waals surface area contributed by atoms with Gasteiger partial charge in [-0.3, -0.25) is 0 Å². The van der Waals surface area contributed by atoms with Gasteiger partial charge in [-0.15, -0.1) is 24.0 Å². The van der Waals surface area contributed by atoms with Crippen LogP contribution >= 0.6 is 24.0 Å². The van der Waals surface area contributed by atoms with Crippen LogP contribution in [0.4, 0.5) is 24.5 Å². The molecule has 10 heteroatoms. The Kier molecular flexibility index (Phi) is 8.59. The lowest BCUT2D eigenvalue weighted by molar-refractivity contribution is -0.138. The third-order valence-corrected chi connectivity index (χ3v) is 4.56. The number of rotatable bonds is 5. The zero-order chi connectivity index (χ0) is 20.9. The quantitative estimate of drug-likeness (QED) is 0.342. The summed E-state index contributed by atoms with van der Waals surface area (Å²) in [6.07, 6.45) is -4.49. The minimum atomic E-state index is -4.49. The minimum absolute atomic E-state index is 0. The lowest BCUT2D eigenvalue weighted by Gasteiger charge is -2.29. The van der Waals surface area contributed by atoms with Gasteiger partial charge < -0.3 is 25.4 Å². The molecule has 1 aliphatic rings. The fraction of sp³-hybridized carbons (Fsp3) is 0.350. The number of ether oxygens (including phenoxy) is 2. The molecule has 1 fully saturated rings. The summed E-state index contributed by atoms with van der Waals surface area (Å²) in [4.78, 5) is 5.95. The first-order chi connectivity index (χ1) is 13.9. The van der Waals surface area contributed by atoms with Gasteiger partial charge >= 0.3 is 6.18 Å². The van der Waals surface area contributed by atoms with Crippen LogP contribution in [0.3, 0.4) is 0 Å². The second kappa shape index (κ2) is 10.7. The van der Waals surface area contributed by atoms with Crippen LogP contribution in [-0.2, 0) is 17.5 Å². The number of morpholine rings is 1. The summed E-state index contributed by atoms with van der Waals surface area (Å²) in [7, 11) is 1.51. The van der Waals surface area contributed by atoms with Crippen LogP contribution in [-0.4, -0.2) is 39.4 Å². The number of para-hydroxylation sites is 2. The second-order valence-electron chi connectivity index (χ2n) is 6.47. The number of hydrogen-bond acceptors (Lipinski definition) is 4. The minimum Gasteiger partial charge on any atom is -0.495 e. The lowest BCUT2D eigenvalue weighted by atomic mass is 10.1. The summed E-state index contributed by atoms with van der Waals surface area (Å²) < 4.78 is 51.3. The molecule has 30 heavy (non-hydrogen) atoms. The van der Waals surface area contributed by atoms with E-state index in [1.807, 2.05) is 4.90 Å². The molecular formula is C20H24F3IN4O2. The Bertz CT molecular complexity index is 871. The van der Waals surface area contributed by atoms with E-state index >= 15 is 0 Å². The monoisotopic (exact) mass is 536 g/mol. The maximum absolute atomic E-state index is 13.6. The maximum Gasteiger partial charge on any atom is 0.416 e. The van der Waals surface area contributed by atoms with Crippen LogP contribution in [0.15, 0.2) is 47.5 Å². The van der Waals surface area contributed by atoms with Gasteiger partial charge in [-0.2, -0.15) is 13.2 Å². The molecular weight excluding hydrogens is 512 g/mol. The predicted molar refractivity (Wildman–Crippen MR) is 122 cm³/mol. The van der Waals surface area contributed by atoms with Gasteiger partial charge in [0.15, 0.2) is 5.96 Å². The first-order valence-corrected chi connectivity index (χ1v) is 9.11.